The van der Waals surface area contributed by atoms with Gasteiger partial charge in [-0.25, -0.2) is 15.0 Å². The zero-order valence-electron chi connectivity index (χ0n) is 15.2. The SMILES string of the molecule is CCOc1ccc(C(=O)Oc2ccc3ccccc3c2/C=N\NC(N)=O)cc1. The van der Waals surface area contributed by atoms with Crippen molar-refractivity contribution in [3.8, 4) is 11.5 Å². The zero-order valence-corrected chi connectivity index (χ0v) is 15.2. The van der Waals surface area contributed by atoms with E-state index in [9.17, 15) is 9.59 Å². The van der Waals surface area contributed by atoms with Crippen molar-refractivity contribution in [3.63, 3.8) is 0 Å². The largest absolute Gasteiger partial charge is 0.494 e. The number of hydrogen-bond donors (Lipinski definition) is 2. The van der Waals surface area contributed by atoms with Crippen molar-refractivity contribution in [2.24, 2.45) is 10.8 Å². The first-order chi connectivity index (χ1) is 13.6. The standard InChI is InChI=1S/C21H19N3O4/c1-2-27-16-10-7-15(8-11-16)20(25)28-19-12-9-14-5-3-4-6-17(14)18(19)13-23-24-21(22)26/h3-13H,2H2,1H3,(H3,22,24,26)/b23-13-. The molecule has 3 aromatic carbocycles. The lowest BCUT2D eigenvalue weighted by Crippen LogP contribution is -2.24. The third-order valence-corrected chi connectivity index (χ3v) is 3.90. The highest BCUT2D eigenvalue weighted by Gasteiger charge is 2.13. The monoisotopic (exact) mass is 377 g/mol. The Morgan fingerprint density at radius 3 is 2.54 bits per heavy atom. The van der Waals surface area contributed by atoms with Gasteiger partial charge in [0, 0.05) is 5.56 Å². The van der Waals surface area contributed by atoms with Crippen LogP contribution in [0, 0.1) is 0 Å². The number of carbonyl (C=O) groups excluding carboxylic acids is 2. The van der Waals surface area contributed by atoms with Gasteiger partial charge < -0.3 is 15.2 Å². The second-order valence-electron chi connectivity index (χ2n) is 5.78. The smallest absolute Gasteiger partial charge is 0.343 e. The molecule has 0 saturated carbocycles. The van der Waals surface area contributed by atoms with Crippen LogP contribution < -0.4 is 20.6 Å². The molecular formula is C21H19N3O4. The van der Waals surface area contributed by atoms with Crippen molar-refractivity contribution in [2.45, 2.75) is 6.92 Å². The molecule has 0 aliphatic rings. The number of urea groups is 1. The molecule has 3 aromatic rings. The minimum absolute atomic E-state index is 0.313. The summed E-state index contributed by atoms with van der Waals surface area (Å²) in [5.74, 6) is 0.471. The molecule has 0 aromatic heterocycles. The summed E-state index contributed by atoms with van der Waals surface area (Å²) in [6, 6.07) is 17.0. The molecule has 0 unspecified atom stereocenters. The average molecular weight is 377 g/mol. The highest BCUT2D eigenvalue weighted by atomic mass is 16.5. The van der Waals surface area contributed by atoms with Crippen LogP contribution in [0.1, 0.15) is 22.8 Å². The highest BCUT2D eigenvalue weighted by molar-refractivity contribution is 6.04. The number of rotatable bonds is 6. The van der Waals surface area contributed by atoms with Crippen LogP contribution in [0.5, 0.6) is 11.5 Å². The van der Waals surface area contributed by atoms with E-state index in [1.807, 2.05) is 37.3 Å². The summed E-state index contributed by atoms with van der Waals surface area (Å²) in [6.45, 7) is 2.43. The Hall–Kier alpha value is -3.87. The molecule has 142 valence electrons. The maximum Gasteiger partial charge on any atom is 0.343 e. The molecule has 0 spiro atoms. The average Bonchev–Trinajstić information content (AvgIpc) is 2.70. The van der Waals surface area contributed by atoms with E-state index in [1.54, 1.807) is 30.3 Å². The molecule has 0 radical (unpaired) electrons. The van der Waals surface area contributed by atoms with E-state index < -0.39 is 12.0 Å². The summed E-state index contributed by atoms with van der Waals surface area (Å²) >= 11 is 0. The van der Waals surface area contributed by atoms with Gasteiger partial charge in [0.1, 0.15) is 11.5 Å². The topological polar surface area (TPSA) is 103 Å². The van der Waals surface area contributed by atoms with Crippen LogP contribution in [-0.4, -0.2) is 24.8 Å². The first-order valence-electron chi connectivity index (χ1n) is 8.63. The number of nitrogens with two attached hydrogens (primary N) is 1. The number of primary amides is 1. The van der Waals surface area contributed by atoms with Gasteiger partial charge in [-0.1, -0.05) is 30.3 Å². The Bertz CT molecular complexity index is 1030. The van der Waals surface area contributed by atoms with E-state index in [4.69, 9.17) is 15.2 Å². The number of amides is 2. The van der Waals surface area contributed by atoms with Crippen molar-refractivity contribution in [3.05, 3.63) is 71.8 Å². The van der Waals surface area contributed by atoms with E-state index in [2.05, 4.69) is 10.5 Å². The lowest BCUT2D eigenvalue weighted by atomic mass is 10.0. The van der Waals surface area contributed by atoms with E-state index in [0.717, 1.165) is 10.8 Å². The summed E-state index contributed by atoms with van der Waals surface area (Å²) in [5, 5.41) is 5.56. The Kier molecular flexibility index (Phi) is 5.86. The van der Waals surface area contributed by atoms with Crippen molar-refractivity contribution < 1.29 is 19.1 Å². The van der Waals surface area contributed by atoms with Gasteiger partial charge in [0.15, 0.2) is 0 Å². The summed E-state index contributed by atoms with van der Waals surface area (Å²) in [7, 11) is 0. The minimum Gasteiger partial charge on any atom is -0.494 e. The van der Waals surface area contributed by atoms with Crippen LogP contribution in [0.2, 0.25) is 0 Å². The molecule has 0 bridgehead atoms. The van der Waals surface area contributed by atoms with Crippen LogP contribution in [-0.2, 0) is 0 Å². The van der Waals surface area contributed by atoms with Crippen LogP contribution in [0.15, 0.2) is 65.8 Å². The number of carbonyl (C=O) groups is 2. The highest BCUT2D eigenvalue weighted by Crippen LogP contribution is 2.27. The normalized spacial score (nSPS) is 10.8. The number of fused-ring (bicyclic) bond motifs is 1. The number of esters is 1. The number of ether oxygens (including phenoxy) is 2. The van der Waals surface area contributed by atoms with Crippen molar-refractivity contribution in [1.29, 1.82) is 0 Å². The van der Waals surface area contributed by atoms with Gasteiger partial charge in [0.05, 0.1) is 18.4 Å². The first kappa shape index (κ1) is 18.9. The van der Waals surface area contributed by atoms with Crippen molar-refractivity contribution >= 4 is 29.0 Å². The van der Waals surface area contributed by atoms with Crippen LogP contribution >= 0.6 is 0 Å². The van der Waals surface area contributed by atoms with Gasteiger partial charge in [0.25, 0.3) is 0 Å². The molecule has 2 amide bonds. The Labute approximate surface area is 161 Å². The minimum atomic E-state index is -0.788. The number of hydrogen-bond acceptors (Lipinski definition) is 5. The van der Waals surface area contributed by atoms with Gasteiger partial charge >= 0.3 is 12.0 Å². The van der Waals surface area contributed by atoms with E-state index in [1.165, 1.54) is 6.21 Å². The molecule has 0 fully saturated rings. The lowest BCUT2D eigenvalue weighted by Gasteiger charge is -2.11. The fraction of sp³-hybridized carbons (Fsp3) is 0.0952. The van der Waals surface area contributed by atoms with E-state index in [0.29, 0.717) is 29.2 Å². The Morgan fingerprint density at radius 1 is 1.07 bits per heavy atom. The van der Waals surface area contributed by atoms with Gasteiger partial charge in [-0.15, -0.1) is 0 Å². The molecule has 7 nitrogen and oxygen atoms in total. The number of nitrogens with zero attached hydrogens (tertiary/aromatic N) is 1. The maximum atomic E-state index is 12.6. The fourth-order valence-electron chi connectivity index (χ4n) is 2.67. The summed E-state index contributed by atoms with van der Waals surface area (Å²) in [5.41, 5.74) is 8.11. The Morgan fingerprint density at radius 2 is 1.82 bits per heavy atom. The molecule has 0 aliphatic carbocycles. The van der Waals surface area contributed by atoms with Crippen molar-refractivity contribution in [2.75, 3.05) is 6.61 Å². The van der Waals surface area contributed by atoms with Gasteiger partial charge in [0.2, 0.25) is 0 Å². The predicted molar refractivity (Wildman–Crippen MR) is 107 cm³/mol. The number of nitrogens with one attached hydrogen (secondary N) is 1. The van der Waals surface area contributed by atoms with E-state index in [-0.39, 0.29) is 0 Å². The van der Waals surface area contributed by atoms with Crippen LogP contribution in [0.25, 0.3) is 10.8 Å². The number of hydrazone groups is 1. The summed E-state index contributed by atoms with van der Waals surface area (Å²) in [6.07, 6.45) is 1.40. The van der Waals surface area contributed by atoms with Gasteiger partial charge in [-0.3, -0.25) is 0 Å². The second-order valence-corrected chi connectivity index (χ2v) is 5.78. The van der Waals surface area contributed by atoms with Gasteiger partial charge in [-0.2, -0.15) is 5.10 Å². The maximum absolute atomic E-state index is 12.6. The van der Waals surface area contributed by atoms with Gasteiger partial charge in [-0.05, 0) is 48.0 Å². The summed E-state index contributed by atoms with van der Waals surface area (Å²) in [4.78, 5) is 23.4. The molecular weight excluding hydrogens is 358 g/mol. The molecule has 0 atom stereocenters. The quantitative estimate of drug-likeness (QED) is 0.297. The van der Waals surface area contributed by atoms with Crippen LogP contribution in [0.4, 0.5) is 4.79 Å². The number of benzene rings is 3. The first-order valence-corrected chi connectivity index (χ1v) is 8.63. The predicted octanol–water partition coefficient (Wildman–Crippen LogP) is 3.46. The zero-order chi connectivity index (χ0) is 19.9. The molecule has 0 saturated heterocycles. The molecule has 0 aliphatic heterocycles. The van der Waals surface area contributed by atoms with E-state index >= 15 is 0 Å². The van der Waals surface area contributed by atoms with Crippen molar-refractivity contribution in [1.82, 2.24) is 5.43 Å². The fourth-order valence-corrected chi connectivity index (χ4v) is 2.67. The molecule has 0 heterocycles. The Balaban J connectivity index is 1.91. The lowest BCUT2D eigenvalue weighted by molar-refractivity contribution is 0.0734. The molecule has 7 heteroatoms. The summed E-state index contributed by atoms with van der Waals surface area (Å²) < 4.78 is 11.0. The molecule has 3 rings (SSSR count). The molecule has 28 heavy (non-hydrogen) atoms. The third kappa shape index (κ3) is 4.45. The second kappa shape index (κ2) is 8.68. The molecule has 3 N–H and O–H groups in total. The third-order valence-electron chi connectivity index (χ3n) is 3.90. The van der Waals surface area contributed by atoms with Crippen LogP contribution in [0.3, 0.4) is 0 Å².